The lowest BCUT2D eigenvalue weighted by molar-refractivity contribution is -0.143. The van der Waals surface area contributed by atoms with Crippen LogP contribution >= 0.6 is 15.9 Å². The zero-order valence-electron chi connectivity index (χ0n) is 13.5. The third-order valence-electron chi connectivity index (χ3n) is 3.31. The molecule has 0 aliphatic heterocycles. The Morgan fingerprint density at radius 2 is 1.82 bits per heavy atom. The lowest BCUT2D eigenvalue weighted by Crippen LogP contribution is -2.25. The van der Waals surface area contributed by atoms with Crippen LogP contribution in [0.4, 0.5) is 0 Å². The molecule has 1 amide bonds. The van der Waals surface area contributed by atoms with Gasteiger partial charge in [-0.3, -0.25) is 9.59 Å². The number of halogens is 1. The summed E-state index contributed by atoms with van der Waals surface area (Å²) in [6, 6.07) is 0. The molecule has 5 nitrogen and oxygen atoms in total. The third-order valence-corrected chi connectivity index (χ3v) is 4.27. The average molecular weight is 374 g/mol. The van der Waals surface area contributed by atoms with E-state index in [2.05, 4.69) is 21.2 Å². The van der Waals surface area contributed by atoms with Gasteiger partial charge in [-0.2, -0.15) is 0 Å². The molecule has 0 aromatic carbocycles. The quantitative estimate of drug-likeness (QED) is 0.526. The summed E-state index contributed by atoms with van der Waals surface area (Å²) in [6.07, 6.45) is 4.13. The monoisotopic (exact) mass is 373 g/mol. The molecule has 0 unspecified atom stereocenters. The first-order valence-electron chi connectivity index (χ1n) is 7.66. The summed E-state index contributed by atoms with van der Waals surface area (Å²) in [4.78, 5) is 23.2. The summed E-state index contributed by atoms with van der Waals surface area (Å²) < 4.78 is 11.0. The standard InChI is InChI=1S/C16H24BrNO4/c1-4-21-13(19)9-7-5-6-8-10-18-16(20)14-11(2)22-12(3)15(14)17/h4-10H2,1-3H3,(H,18,20). The van der Waals surface area contributed by atoms with Gasteiger partial charge in [-0.25, -0.2) is 0 Å². The molecule has 0 spiro atoms. The van der Waals surface area contributed by atoms with E-state index in [0.29, 0.717) is 36.7 Å². The lowest BCUT2D eigenvalue weighted by Gasteiger charge is -2.05. The molecule has 0 aliphatic rings. The first-order valence-corrected chi connectivity index (χ1v) is 8.46. The third kappa shape index (κ3) is 5.83. The number of carbonyl (C=O) groups excluding carboxylic acids is 2. The molecular weight excluding hydrogens is 350 g/mol. The van der Waals surface area contributed by atoms with Crippen LogP contribution in [-0.2, 0) is 9.53 Å². The summed E-state index contributed by atoms with van der Waals surface area (Å²) in [5.74, 6) is 1.08. The normalized spacial score (nSPS) is 10.5. The Kier molecular flexibility index (Phi) is 8.24. The molecule has 1 aromatic heterocycles. The number of unbranched alkanes of at least 4 members (excludes halogenated alkanes) is 3. The van der Waals surface area contributed by atoms with Crippen LogP contribution in [0.25, 0.3) is 0 Å². The van der Waals surface area contributed by atoms with E-state index in [1.807, 2.05) is 13.8 Å². The summed E-state index contributed by atoms with van der Waals surface area (Å²) in [7, 11) is 0. The second-order valence-electron chi connectivity index (χ2n) is 5.13. The van der Waals surface area contributed by atoms with Gasteiger partial charge in [-0.15, -0.1) is 0 Å². The van der Waals surface area contributed by atoms with Crippen molar-refractivity contribution >= 4 is 27.8 Å². The molecule has 0 aliphatic carbocycles. The van der Waals surface area contributed by atoms with Crippen LogP contribution < -0.4 is 5.32 Å². The molecule has 0 saturated heterocycles. The highest BCUT2D eigenvalue weighted by Gasteiger charge is 2.19. The predicted molar refractivity (Wildman–Crippen MR) is 87.9 cm³/mol. The molecule has 1 N–H and O–H groups in total. The number of furan rings is 1. The van der Waals surface area contributed by atoms with Crippen LogP contribution in [-0.4, -0.2) is 25.0 Å². The van der Waals surface area contributed by atoms with Crippen molar-refractivity contribution in [1.29, 1.82) is 0 Å². The van der Waals surface area contributed by atoms with Gasteiger partial charge in [0, 0.05) is 13.0 Å². The Labute approximate surface area is 139 Å². The van der Waals surface area contributed by atoms with Crippen molar-refractivity contribution in [2.75, 3.05) is 13.2 Å². The van der Waals surface area contributed by atoms with E-state index in [-0.39, 0.29) is 11.9 Å². The van der Waals surface area contributed by atoms with E-state index in [4.69, 9.17) is 9.15 Å². The number of hydrogen-bond acceptors (Lipinski definition) is 4. The van der Waals surface area contributed by atoms with Gasteiger partial charge in [-0.1, -0.05) is 12.8 Å². The zero-order valence-corrected chi connectivity index (χ0v) is 15.0. The molecule has 6 heteroatoms. The molecule has 0 bridgehead atoms. The van der Waals surface area contributed by atoms with Crippen LogP contribution in [0.15, 0.2) is 8.89 Å². The van der Waals surface area contributed by atoms with E-state index < -0.39 is 0 Å². The first kappa shape index (κ1) is 18.7. The maximum Gasteiger partial charge on any atom is 0.305 e. The minimum absolute atomic E-state index is 0.118. The van der Waals surface area contributed by atoms with Crippen LogP contribution in [0, 0.1) is 13.8 Å². The molecule has 1 heterocycles. The van der Waals surface area contributed by atoms with Crippen molar-refractivity contribution in [2.24, 2.45) is 0 Å². The Hall–Kier alpha value is -1.30. The van der Waals surface area contributed by atoms with E-state index >= 15 is 0 Å². The van der Waals surface area contributed by atoms with Crippen LogP contribution in [0.5, 0.6) is 0 Å². The molecule has 0 fully saturated rings. The topological polar surface area (TPSA) is 68.5 Å². The van der Waals surface area contributed by atoms with Crippen LogP contribution in [0.2, 0.25) is 0 Å². The highest BCUT2D eigenvalue weighted by Crippen LogP contribution is 2.27. The lowest BCUT2D eigenvalue weighted by atomic mass is 10.1. The molecule has 0 atom stereocenters. The van der Waals surface area contributed by atoms with Crippen molar-refractivity contribution in [2.45, 2.75) is 52.9 Å². The van der Waals surface area contributed by atoms with Gasteiger partial charge in [-0.05, 0) is 49.5 Å². The van der Waals surface area contributed by atoms with E-state index in [9.17, 15) is 9.59 Å². The van der Waals surface area contributed by atoms with E-state index in [0.717, 1.165) is 30.2 Å². The SMILES string of the molecule is CCOC(=O)CCCCCCNC(=O)c1c(C)oc(C)c1Br. The van der Waals surface area contributed by atoms with Gasteiger partial charge >= 0.3 is 5.97 Å². The number of hydrogen-bond donors (Lipinski definition) is 1. The molecular formula is C16H24BrNO4. The van der Waals surface area contributed by atoms with E-state index in [1.165, 1.54) is 0 Å². The summed E-state index contributed by atoms with van der Waals surface area (Å²) in [5.41, 5.74) is 0.569. The smallest absolute Gasteiger partial charge is 0.305 e. The Bertz CT molecular complexity index is 510. The van der Waals surface area contributed by atoms with Crippen molar-refractivity contribution in [3.05, 3.63) is 21.6 Å². The fourth-order valence-corrected chi connectivity index (χ4v) is 2.73. The van der Waals surface area contributed by atoms with E-state index in [1.54, 1.807) is 6.92 Å². The second kappa shape index (κ2) is 9.66. The number of esters is 1. The number of nitrogens with one attached hydrogen (secondary N) is 1. The average Bonchev–Trinajstić information content (AvgIpc) is 2.71. The highest BCUT2D eigenvalue weighted by atomic mass is 79.9. The van der Waals surface area contributed by atoms with Gasteiger partial charge in [0.25, 0.3) is 5.91 Å². The van der Waals surface area contributed by atoms with Crippen molar-refractivity contribution < 1.29 is 18.7 Å². The molecule has 1 rings (SSSR count). The number of aryl methyl sites for hydroxylation is 2. The zero-order chi connectivity index (χ0) is 16.5. The maximum atomic E-state index is 12.1. The van der Waals surface area contributed by atoms with Crippen LogP contribution in [0.3, 0.4) is 0 Å². The largest absolute Gasteiger partial charge is 0.466 e. The van der Waals surface area contributed by atoms with Crippen molar-refractivity contribution in [3.8, 4) is 0 Å². The molecule has 124 valence electrons. The van der Waals surface area contributed by atoms with Gasteiger partial charge in [0.15, 0.2) is 0 Å². The minimum atomic E-state index is -0.133. The number of ether oxygens (including phenoxy) is 1. The van der Waals surface area contributed by atoms with Gasteiger partial charge in [0.05, 0.1) is 16.6 Å². The molecule has 0 saturated carbocycles. The molecule has 1 aromatic rings. The Morgan fingerprint density at radius 3 is 2.41 bits per heavy atom. The highest BCUT2D eigenvalue weighted by molar-refractivity contribution is 9.10. The summed E-state index contributed by atoms with van der Waals surface area (Å²) in [5, 5.41) is 2.89. The number of rotatable bonds is 9. The Morgan fingerprint density at radius 1 is 1.14 bits per heavy atom. The van der Waals surface area contributed by atoms with Crippen LogP contribution in [0.1, 0.15) is 60.9 Å². The fraction of sp³-hybridized carbons (Fsp3) is 0.625. The predicted octanol–water partition coefficient (Wildman–Crippen LogP) is 3.90. The molecule has 22 heavy (non-hydrogen) atoms. The fourth-order valence-electron chi connectivity index (χ4n) is 2.19. The van der Waals surface area contributed by atoms with Crippen molar-refractivity contribution in [1.82, 2.24) is 5.32 Å². The van der Waals surface area contributed by atoms with Gasteiger partial charge in [0.2, 0.25) is 0 Å². The second-order valence-corrected chi connectivity index (χ2v) is 5.92. The minimum Gasteiger partial charge on any atom is -0.466 e. The number of carbonyl (C=O) groups is 2. The van der Waals surface area contributed by atoms with Gasteiger partial charge < -0.3 is 14.5 Å². The van der Waals surface area contributed by atoms with Crippen molar-refractivity contribution in [3.63, 3.8) is 0 Å². The molecule has 0 radical (unpaired) electrons. The summed E-state index contributed by atoms with van der Waals surface area (Å²) in [6.45, 7) is 6.46. The first-order chi connectivity index (χ1) is 10.5. The summed E-state index contributed by atoms with van der Waals surface area (Å²) >= 11 is 3.37. The number of amides is 1. The van der Waals surface area contributed by atoms with Gasteiger partial charge in [0.1, 0.15) is 11.5 Å². The Balaban J connectivity index is 2.17. The maximum absolute atomic E-state index is 12.1.